The van der Waals surface area contributed by atoms with E-state index in [9.17, 15) is 19.7 Å². The van der Waals surface area contributed by atoms with Crippen molar-refractivity contribution in [2.75, 3.05) is 6.61 Å². The van der Waals surface area contributed by atoms with Crippen molar-refractivity contribution >= 4 is 52.5 Å². The molecule has 0 atom stereocenters. The number of ether oxygens (including phenoxy) is 1. The summed E-state index contributed by atoms with van der Waals surface area (Å²) in [6.45, 7) is -0.367. The average molecular weight is 435 g/mol. The van der Waals surface area contributed by atoms with Crippen LogP contribution in [0.5, 0.6) is 5.75 Å². The van der Waals surface area contributed by atoms with Crippen LogP contribution >= 0.6 is 23.8 Å². The van der Waals surface area contributed by atoms with Crippen LogP contribution in [0, 0.1) is 10.1 Å². The summed E-state index contributed by atoms with van der Waals surface area (Å²) in [5, 5.41) is 13.3. The number of thiocarbonyl (C=S) groups is 1. The first-order valence-corrected chi connectivity index (χ1v) is 8.83. The Morgan fingerprint density at radius 3 is 2.48 bits per heavy atom. The van der Waals surface area contributed by atoms with E-state index in [4.69, 9.17) is 28.6 Å². The SMILES string of the molecule is O=C(/C=C/c1ccccc1Cl)NC(=S)NNC(=O)COc1ccc([N+](=O)[O-])cc1. The molecule has 0 aliphatic carbocycles. The molecule has 0 heterocycles. The first kappa shape index (κ1) is 21.8. The van der Waals surface area contributed by atoms with E-state index < -0.39 is 16.7 Å². The Labute approximate surface area is 175 Å². The molecule has 0 aromatic heterocycles. The van der Waals surface area contributed by atoms with Gasteiger partial charge in [0.1, 0.15) is 5.75 Å². The van der Waals surface area contributed by atoms with Gasteiger partial charge in [-0.05, 0) is 42.1 Å². The zero-order valence-corrected chi connectivity index (χ0v) is 16.3. The molecular weight excluding hydrogens is 420 g/mol. The van der Waals surface area contributed by atoms with Crippen LogP contribution < -0.4 is 20.9 Å². The molecule has 0 fully saturated rings. The molecule has 0 bridgehead atoms. The number of nitrogens with zero attached hydrogens (tertiary/aromatic N) is 1. The summed E-state index contributed by atoms with van der Waals surface area (Å²) >= 11 is 10.9. The molecule has 0 spiro atoms. The van der Waals surface area contributed by atoms with E-state index in [0.29, 0.717) is 10.6 Å². The number of benzene rings is 2. The molecule has 29 heavy (non-hydrogen) atoms. The zero-order chi connectivity index (χ0) is 21.2. The molecule has 9 nitrogen and oxygen atoms in total. The third kappa shape index (κ3) is 7.56. The fourth-order valence-electron chi connectivity index (χ4n) is 1.94. The number of amides is 2. The molecule has 2 rings (SSSR count). The first-order chi connectivity index (χ1) is 13.8. The second-order valence-electron chi connectivity index (χ2n) is 5.39. The van der Waals surface area contributed by atoms with Gasteiger partial charge >= 0.3 is 0 Å². The third-order valence-electron chi connectivity index (χ3n) is 3.29. The number of non-ortho nitro benzene ring substituents is 1. The van der Waals surface area contributed by atoms with Crippen molar-refractivity contribution in [3.63, 3.8) is 0 Å². The normalized spacial score (nSPS) is 10.2. The van der Waals surface area contributed by atoms with E-state index in [1.807, 2.05) is 0 Å². The average Bonchev–Trinajstić information content (AvgIpc) is 2.70. The molecule has 11 heteroatoms. The van der Waals surface area contributed by atoms with Gasteiger partial charge in [-0.2, -0.15) is 0 Å². The minimum atomic E-state index is -0.577. The van der Waals surface area contributed by atoms with Gasteiger partial charge in [0.25, 0.3) is 11.6 Å². The van der Waals surface area contributed by atoms with Gasteiger partial charge in [0.15, 0.2) is 11.7 Å². The van der Waals surface area contributed by atoms with E-state index in [0.717, 1.165) is 0 Å². The first-order valence-electron chi connectivity index (χ1n) is 8.05. The number of hydrazine groups is 1. The van der Waals surface area contributed by atoms with Gasteiger partial charge in [-0.15, -0.1) is 0 Å². The van der Waals surface area contributed by atoms with Crippen LogP contribution in [0.2, 0.25) is 5.02 Å². The minimum Gasteiger partial charge on any atom is -0.484 e. The number of rotatable bonds is 6. The number of halogens is 1. The number of carbonyl (C=O) groups excluding carboxylic acids is 2. The van der Waals surface area contributed by atoms with Crippen LogP contribution in [0.15, 0.2) is 54.6 Å². The van der Waals surface area contributed by atoms with Crippen LogP contribution in [0.1, 0.15) is 5.56 Å². The van der Waals surface area contributed by atoms with Gasteiger partial charge in [-0.3, -0.25) is 35.9 Å². The highest BCUT2D eigenvalue weighted by Gasteiger charge is 2.07. The van der Waals surface area contributed by atoms with Gasteiger partial charge in [-0.25, -0.2) is 0 Å². The molecule has 0 unspecified atom stereocenters. The van der Waals surface area contributed by atoms with Crippen molar-refractivity contribution in [3.05, 3.63) is 75.3 Å². The Balaban J connectivity index is 1.71. The Bertz CT molecular complexity index is 950. The number of nitro groups is 1. The number of hydrogen-bond acceptors (Lipinski definition) is 6. The fraction of sp³-hybridized carbons (Fsp3) is 0.0556. The number of nitrogens with one attached hydrogen (secondary N) is 3. The summed E-state index contributed by atoms with van der Waals surface area (Å²) in [5.41, 5.74) is 5.18. The number of nitro benzene ring substituents is 1. The van der Waals surface area contributed by atoms with Crippen LogP contribution in [-0.2, 0) is 9.59 Å². The smallest absolute Gasteiger partial charge is 0.276 e. The predicted octanol–water partition coefficient (Wildman–Crippen LogP) is 2.36. The van der Waals surface area contributed by atoms with E-state index in [1.54, 1.807) is 24.3 Å². The second-order valence-corrected chi connectivity index (χ2v) is 6.20. The van der Waals surface area contributed by atoms with Crippen molar-refractivity contribution in [1.29, 1.82) is 0 Å². The summed E-state index contributed by atoms with van der Waals surface area (Å²) in [7, 11) is 0. The quantitative estimate of drug-likeness (QED) is 0.276. The van der Waals surface area contributed by atoms with Gasteiger partial charge in [-0.1, -0.05) is 29.8 Å². The molecule has 150 valence electrons. The van der Waals surface area contributed by atoms with Gasteiger partial charge in [0, 0.05) is 23.2 Å². The van der Waals surface area contributed by atoms with Crippen LogP contribution in [0.4, 0.5) is 5.69 Å². The summed E-state index contributed by atoms with van der Waals surface area (Å²) in [5.74, 6) is -0.809. The van der Waals surface area contributed by atoms with Crippen molar-refractivity contribution in [3.8, 4) is 5.75 Å². The van der Waals surface area contributed by atoms with Gasteiger partial charge < -0.3 is 4.74 Å². The Morgan fingerprint density at radius 2 is 1.83 bits per heavy atom. The molecule has 3 N–H and O–H groups in total. The Kier molecular flexibility index (Phi) is 8.07. The summed E-state index contributed by atoms with van der Waals surface area (Å²) in [6.07, 6.45) is 2.77. The maximum atomic E-state index is 11.8. The summed E-state index contributed by atoms with van der Waals surface area (Å²) in [4.78, 5) is 33.6. The highest BCUT2D eigenvalue weighted by atomic mass is 35.5. The number of carbonyl (C=O) groups is 2. The minimum absolute atomic E-state index is 0.0897. The van der Waals surface area contributed by atoms with E-state index in [-0.39, 0.29) is 23.2 Å². The largest absolute Gasteiger partial charge is 0.484 e. The van der Waals surface area contributed by atoms with Gasteiger partial charge in [0.2, 0.25) is 5.91 Å². The lowest BCUT2D eigenvalue weighted by atomic mass is 10.2. The lowest BCUT2D eigenvalue weighted by Gasteiger charge is -2.10. The molecule has 0 aliphatic rings. The van der Waals surface area contributed by atoms with E-state index >= 15 is 0 Å². The third-order valence-corrected chi connectivity index (χ3v) is 3.84. The molecule has 2 amide bonds. The predicted molar refractivity (Wildman–Crippen MR) is 111 cm³/mol. The molecule has 0 saturated heterocycles. The fourth-order valence-corrected chi connectivity index (χ4v) is 2.29. The second kappa shape index (κ2) is 10.7. The summed E-state index contributed by atoms with van der Waals surface area (Å²) < 4.78 is 5.19. The molecule has 2 aromatic carbocycles. The molecule has 0 radical (unpaired) electrons. The zero-order valence-electron chi connectivity index (χ0n) is 14.8. The van der Waals surface area contributed by atoms with Crippen molar-refractivity contribution in [2.24, 2.45) is 0 Å². The molecule has 0 aliphatic heterocycles. The topological polar surface area (TPSA) is 123 Å². The van der Waals surface area contributed by atoms with Crippen LogP contribution in [0.25, 0.3) is 6.08 Å². The number of hydrogen-bond donors (Lipinski definition) is 3. The van der Waals surface area contributed by atoms with Crippen LogP contribution in [0.3, 0.4) is 0 Å². The van der Waals surface area contributed by atoms with Crippen molar-refractivity contribution in [2.45, 2.75) is 0 Å². The standard InChI is InChI=1S/C18H15ClN4O5S/c19-15-4-2-1-3-12(15)5-10-16(24)20-18(29)22-21-17(25)11-28-14-8-6-13(7-9-14)23(26)27/h1-10H,11H2,(H,21,25)(H2,20,22,24,29)/b10-5+. The maximum absolute atomic E-state index is 11.8. The van der Waals surface area contributed by atoms with Crippen molar-refractivity contribution in [1.82, 2.24) is 16.2 Å². The lowest BCUT2D eigenvalue weighted by Crippen LogP contribution is -2.49. The Morgan fingerprint density at radius 1 is 1.14 bits per heavy atom. The molecular formula is C18H15ClN4O5S. The highest BCUT2D eigenvalue weighted by Crippen LogP contribution is 2.17. The lowest BCUT2D eigenvalue weighted by molar-refractivity contribution is -0.384. The molecule has 2 aromatic rings. The van der Waals surface area contributed by atoms with Crippen molar-refractivity contribution < 1.29 is 19.2 Å². The summed E-state index contributed by atoms with van der Waals surface area (Å²) in [6, 6.07) is 12.2. The van der Waals surface area contributed by atoms with Crippen LogP contribution in [-0.4, -0.2) is 28.5 Å². The molecule has 0 saturated carbocycles. The highest BCUT2D eigenvalue weighted by molar-refractivity contribution is 7.80. The van der Waals surface area contributed by atoms with Gasteiger partial charge in [0.05, 0.1) is 4.92 Å². The maximum Gasteiger partial charge on any atom is 0.276 e. The van der Waals surface area contributed by atoms with E-state index in [1.165, 1.54) is 36.4 Å². The Hall–Kier alpha value is -3.50. The van der Waals surface area contributed by atoms with E-state index in [2.05, 4.69) is 16.2 Å². The monoisotopic (exact) mass is 434 g/mol.